The highest BCUT2D eigenvalue weighted by atomic mass is 35.5. The first-order chi connectivity index (χ1) is 5.24. The standard InChI is InChI=1S/C8H11ClO2/c1-11-8(10)6-3-2-4-7(9)5-6/h2,4,6-7H,3,5H2,1H3/t6-,7+/m0/s1. The number of alkyl halides is 1. The van der Waals surface area contributed by atoms with Crippen LogP contribution in [0.1, 0.15) is 12.8 Å². The molecule has 0 spiro atoms. The van der Waals surface area contributed by atoms with Crippen molar-refractivity contribution in [1.82, 2.24) is 0 Å². The Balaban J connectivity index is 2.49. The molecule has 2 atom stereocenters. The van der Waals surface area contributed by atoms with Crippen molar-refractivity contribution >= 4 is 17.6 Å². The lowest BCUT2D eigenvalue weighted by molar-refractivity contribution is -0.145. The van der Waals surface area contributed by atoms with Crippen LogP contribution in [0, 0.1) is 5.92 Å². The second-order valence-corrected chi connectivity index (χ2v) is 3.20. The molecule has 0 saturated heterocycles. The van der Waals surface area contributed by atoms with Gasteiger partial charge in [-0.25, -0.2) is 0 Å². The van der Waals surface area contributed by atoms with E-state index in [9.17, 15) is 4.79 Å². The Labute approximate surface area is 71.2 Å². The van der Waals surface area contributed by atoms with Gasteiger partial charge in [-0.15, -0.1) is 11.6 Å². The van der Waals surface area contributed by atoms with Crippen LogP contribution in [-0.4, -0.2) is 18.5 Å². The van der Waals surface area contributed by atoms with Gasteiger partial charge >= 0.3 is 5.97 Å². The highest BCUT2D eigenvalue weighted by Gasteiger charge is 2.23. The van der Waals surface area contributed by atoms with Crippen LogP contribution in [-0.2, 0) is 9.53 Å². The fraction of sp³-hybridized carbons (Fsp3) is 0.625. The van der Waals surface area contributed by atoms with E-state index in [0.717, 1.165) is 6.42 Å². The lowest BCUT2D eigenvalue weighted by atomic mass is 9.94. The topological polar surface area (TPSA) is 26.3 Å². The average Bonchev–Trinajstić information content (AvgIpc) is 2.03. The van der Waals surface area contributed by atoms with Crippen molar-refractivity contribution < 1.29 is 9.53 Å². The van der Waals surface area contributed by atoms with E-state index in [-0.39, 0.29) is 17.3 Å². The highest BCUT2D eigenvalue weighted by Crippen LogP contribution is 2.22. The van der Waals surface area contributed by atoms with E-state index < -0.39 is 0 Å². The average molecular weight is 175 g/mol. The Morgan fingerprint density at radius 2 is 2.45 bits per heavy atom. The number of halogens is 1. The molecule has 0 aromatic heterocycles. The van der Waals surface area contributed by atoms with Crippen molar-refractivity contribution in [1.29, 1.82) is 0 Å². The van der Waals surface area contributed by atoms with E-state index in [4.69, 9.17) is 11.6 Å². The van der Waals surface area contributed by atoms with Crippen molar-refractivity contribution in [3.63, 3.8) is 0 Å². The van der Waals surface area contributed by atoms with Crippen LogP contribution in [0.15, 0.2) is 12.2 Å². The predicted octanol–water partition coefficient (Wildman–Crippen LogP) is 1.73. The van der Waals surface area contributed by atoms with E-state index in [0.29, 0.717) is 6.42 Å². The zero-order valence-corrected chi connectivity index (χ0v) is 7.17. The molecule has 0 fully saturated rings. The summed E-state index contributed by atoms with van der Waals surface area (Å²) in [5, 5.41) is -0.00662. The second-order valence-electron chi connectivity index (χ2n) is 2.64. The maximum absolute atomic E-state index is 11.0. The molecule has 0 aromatic rings. The molecule has 0 aliphatic heterocycles. The van der Waals surface area contributed by atoms with Gasteiger partial charge in [0.25, 0.3) is 0 Å². The summed E-state index contributed by atoms with van der Waals surface area (Å²) >= 11 is 5.82. The zero-order chi connectivity index (χ0) is 8.27. The first-order valence-corrected chi connectivity index (χ1v) is 4.06. The molecule has 1 rings (SSSR count). The monoisotopic (exact) mass is 174 g/mol. The summed E-state index contributed by atoms with van der Waals surface area (Å²) in [6.07, 6.45) is 5.31. The van der Waals surface area contributed by atoms with E-state index in [2.05, 4.69) is 4.74 Å². The fourth-order valence-corrected chi connectivity index (χ4v) is 1.51. The Bertz CT molecular complexity index is 177. The van der Waals surface area contributed by atoms with Crippen LogP contribution in [0.3, 0.4) is 0 Å². The molecule has 11 heavy (non-hydrogen) atoms. The van der Waals surface area contributed by atoms with Gasteiger partial charge < -0.3 is 4.74 Å². The largest absolute Gasteiger partial charge is 0.469 e. The van der Waals surface area contributed by atoms with Gasteiger partial charge in [0.05, 0.1) is 18.4 Å². The molecule has 0 unspecified atom stereocenters. The third kappa shape index (κ3) is 2.22. The molecular formula is C8H11ClO2. The van der Waals surface area contributed by atoms with Gasteiger partial charge in [0.2, 0.25) is 0 Å². The lowest BCUT2D eigenvalue weighted by Crippen LogP contribution is -2.21. The summed E-state index contributed by atoms with van der Waals surface area (Å²) in [6.45, 7) is 0. The van der Waals surface area contributed by atoms with Crippen molar-refractivity contribution in [3.8, 4) is 0 Å². The van der Waals surface area contributed by atoms with E-state index in [1.807, 2.05) is 12.2 Å². The summed E-state index contributed by atoms with van der Waals surface area (Å²) < 4.78 is 4.61. The number of ether oxygens (including phenoxy) is 1. The molecule has 0 aromatic carbocycles. The summed E-state index contributed by atoms with van der Waals surface area (Å²) in [6, 6.07) is 0. The van der Waals surface area contributed by atoms with E-state index in [1.165, 1.54) is 7.11 Å². The Morgan fingerprint density at radius 3 is 3.00 bits per heavy atom. The lowest BCUT2D eigenvalue weighted by Gasteiger charge is -2.18. The smallest absolute Gasteiger partial charge is 0.309 e. The second kappa shape index (κ2) is 3.77. The Morgan fingerprint density at radius 1 is 1.73 bits per heavy atom. The first kappa shape index (κ1) is 8.60. The van der Waals surface area contributed by atoms with Crippen LogP contribution in [0.5, 0.6) is 0 Å². The maximum atomic E-state index is 11.0. The Kier molecular flexibility index (Phi) is 2.94. The first-order valence-electron chi connectivity index (χ1n) is 3.62. The van der Waals surface area contributed by atoms with E-state index in [1.54, 1.807) is 0 Å². The predicted molar refractivity (Wildman–Crippen MR) is 43.5 cm³/mol. The molecular weight excluding hydrogens is 164 g/mol. The number of hydrogen-bond donors (Lipinski definition) is 0. The van der Waals surface area contributed by atoms with Crippen LogP contribution < -0.4 is 0 Å². The minimum atomic E-state index is -0.153. The van der Waals surface area contributed by atoms with Crippen LogP contribution in [0.25, 0.3) is 0 Å². The summed E-state index contributed by atoms with van der Waals surface area (Å²) in [7, 11) is 1.41. The molecule has 2 nitrogen and oxygen atoms in total. The van der Waals surface area contributed by atoms with Crippen LogP contribution in [0.2, 0.25) is 0 Å². The Hall–Kier alpha value is -0.500. The van der Waals surface area contributed by atoms with Gasteiger partial charge in [-0.1, -0.05) is 12.2 Å². The summed E-state index contributed by atoms with van der Waals surface area (Å²) in [5.41, 5.74) is 0. The van der Waals surface area contributed by atoms with Gasteiger partial charge in [-0.05, 0) is 12.8 Å². The molecule has 0 bridgehead atoms. The number of hydrogen-bond acceptors (Lipinski definition) is 2. The van der Waals surface area contributed by atoms with Crippen molar-refractivity contribution in [3.05, 3.63) is 12.2 Å². The highest BCUT2D eigenvalue weighted by molar-refractivity contribution is 6.22. The molecule has 62 valence electrons. The van der Waals surface area contributed by atoms with Crippen LogP contribution in [0.4, 0.5) is 0 Å². The quantitative estimate of drug-likeness (QED) is 0.344. The molecule has 0 saturated carbocycles. The van der Waals surface area contributed by atoms with Gasteiger partial charge in [-0.2, -0.15) is 0 Å². The van der Waals surface area contributed by atoms with Gasteiger partial charge in [0.1, 0.15) is 0 Å². The number of rotatable bonds is 1. The molecule has 1 aliphatic rings. The number of methoxy groups -OCH3 is 1. The maximum Gasteiger partial charge on any atom is 0.309 e. The van der Waals surface area contributed by atoms with Crippen molar-refractivity contribution in [2.24, 2.45) is 5.92 Å². The summed E-state index contributed by atoms with van der Waals surface area (Å²) in [4.78, 5) is 11.0. The zero-order valence-electron chi connectivity index (χ0n) is 6.42. The molecule has 0 amide bonds. The minimum Gasteiger partial charge on any atom is -0.469 e. The molecule has 1 aliphatic carbocycles. The number of allylic oxidation sites excluding steroid dienone is 2. The van der Waals surface area contributed by atoms with Crippen LogP contribution >= 0.6 is 11.6 Å². The summed E-state index contributed by atoms with van der Waals surface area (Å²) in [5.74, 6) is -0.188. The van der Waals surface area contributed by atoms with Gasteiger partial charge in [0.15, 0.2) is 0 Å². The van der Waals surface area contributed by atoms with Gasteiger partial charge in [0, 0.05) is 0 Å². The molecule has 0 radical (unpaired) electrons. The third-order valence-electron chi connectivity index (χ3n) is 1.81. The SMILES string of the molecule is COC(=O)[C@H]1CC=C[C@@H](Cl)C1. The normalized spacial score (nSPS) is 30.0. The molecule has 0 N–H and O–H groups in total. The van der Waals surface area contributed by atoms with E-state index >= 15 is 0 Å². The van der Waals surface area contributed by atoms with Crippen molar-refractivity contribution in [2.45, 2.75) is 18.2 Å². The molecule has 0 heterocycles. The fourth-order valence-electron chi connectivity index (χ4n) is 1.20. The number of carbonyl (C=O) groups is 1. The van der Waals surface area contributed by atoms with Gasteiger partial charge in [-0.3, -0.25) is 4.79 Å². The van der Waals surface area contributed by atoms with Crippen molar-refractivity contribution in [2.75, 3.05) is 7.11 Å². The number of esters is 1. The molecule has 3 heteroatoms. The minimum absolute atomic E-state index is 0.00662. The number of carbonyl (C=O) groups excluding carboxylic acids is 1. The third-order valence-corrected chi connectivity index (χ3v) is 2.13.